The lowest BCUT2D eigenvalue weighted by Gasteiger charge is -2.29. The summed E-state index contributed by atoms with van der Waals surface area (Å²) in [6.45, 7) is 7.79. The Morgan fingerprint density at radius 3 is 2.27 bits per heavy atom. The lowest BCUT2D eigenvalue weighted by Crippen LogP contribution is -2.43. The van der Waals surface area contributed by atoms with Crippen LogP contribution in [0.5, 0.6) is 5.75 Å². The minimum Gasteiger partial charge on any atom is -0.438 e. The highest BCUT2D eigenvalue weighted by Gasteiger charge is 2.47. The van der Waals surface area contributed by atoms with Crippen molar-refractivity contribution in [2.75, 3.05) is 5.73 Å². The highest BCUT2D eigenvalue weighted by Crippen LogP contribution is 2.38. The quantitative estimate of drug-likeness (QED) is 0.185. The Hall–Kier alpha value is -3.48. The molecule has 0 fully saturated rings. The zero-order chi connectivity index (χ0) is 22.6. The van der Waals surface area contributed by atoms with Crippen LogP contribution in [0.4, 0.5) is 5.69 Å². The smallest absolute Gasteiger partial charge is 0.308 e. The molecule has 1 unspecified atom stereocenters. The van der Waals surface area contributed by atoms with E-state index in [4.69, 9.17) is 15.2 Å². The van der Waals surface area contributed by atoms with Gasteiger partial charge in [-0.15, -0.1) is 0 Å². The first-order valence-corrected chi connectivity index (χ1v) is 9.42. The van der Waals surface area contributed by atoms with E-state index in [1.54, 1.807) is 31.2 Å². The van der Waals surface area contributed by atoms with Gasteiger partial charge in [0.1, 0.15) is 5.75 Å². The van der Waals surface area contributed by atoms with E-state index in [0.717, 1.165) is 12.5 Å². The summed E-state index contributed by atoms with van der Waals surface area (Å²) in [4.78, 5) is 49.5. The Balaban J connectivity index is 2.83. The van der Waals surface area contributed by atoms with Crippen molar-refractivity contribution in [2.45, 2.75) is 46.1 Å². The van der Waals surface area contributed by atoms with Gasteiger partial charge in [-0.25, -0.2) is 0 Å². The van der Waals surface area contributed by atoms with Gasteiger partial charge in [-0.3, -0.25) is 19.2 Å². The molecule has 30 heavy (non-hydrogen) atoms. The van der Waals surface area contributed by atoms with E-state index in [1.807, 2.05) is 13.8 Å². The van der Waals surface area contributed by atoms with Crippen molar-refractivity contribution >= 4 is 29.7 Å². The third kappa shape index (κ3) is 4.40. The summed E-state index contributed by atoms with van der Waals surface area (Å²) in [5, 5.41) is 0. The number of rotatable bonds is 7. The van der Waals surface area contributed by atoms with Crippen LogP contribution in [0.2, 0.25) is 0 Å². The molecule has 158 valence electrons. The van der Waals surface area contributed by atoms with Gasteiger partial charge in [0.15, 0.2) is 6.29 Å². The Kier molecular flexibility index (Phi) is 6.77. The molecule has 0 saturated heterocycles. The first kappa shape index (κ1) is 22.8. The maximum atomic E-state index is 13.6. The molecule has 0 aliphatic carbocycles. The highest BCUT2D eigenvalue weighted by molar-refractivity contribution is 6.14. The molecule has 1 atom stereocenters. The number of aldehydes is 1. The predicted octanol–water partition coefficient (Wildman–Crippen LogP) is 3.47. The predicted molar refractivity (Wildman–Crippen MR) is 111 cm³/mol. The summed E-state index contributed by atoms with van der Waals surface area (Å²) in [6, 6.07) is 9.38. The van der Waals surface area contributed by atoms with Crippen LogP contribution in [0, 0.1) is 6.92 Å². The monoisotopic (exact) mass is 411 g/mol. The normalized spacial score (nSPS) is 12.7. The van der Waals surface area contributed by atoms with E-state index >= 15 is 0 Å². The molecule has 0 radical (unpaired) electrons. The third-order valence-corrected chi connectivity index (χ3v) is 4.75. The average molecular weight is 411 g/mol. The number of esters is 2. The molecule has 0 heterocycles. The number of ketones is 1. The van der Waals surface area contributed by atoms with Crippen LogP contribution in [0.3, 0.4) is 0 Å². The minimum absolute atomic E-state index is 0.0306. The van der Waals surface area contributed by atoms with Crippen molar-refractivity contribution in [3.05, 3.63) is 58.7 Å². The molecule has 0 bridgehead atoms. The van der Waals surface area contributed by atoms with Gasteiger partial charge >= 0.3 is 11.9 Å². The minimum atomic E-state index is -2.34. The molecule has 2 rings (SSSR count). The van der Waals surface area contributed by atoms with Gasteiger partial charge < -0.3 is 15.2 Å². The Morgan fingerprint density at radius 2 is 1.73 bits per heavy atom. The molecule has 2 N–H and O–H groups in total. The number of nitrogen functional groups attached to an aromatic ring is 1. The van der Waals surface area contributed by atoms with Crippen molar-refractivity contribution < 1.29 is 28.7 Å². The molecule has 2 aromatic rings. The third-order valence-electron chi connectivity index (χ3n) is 4.75. The summed E-state index contributed by atoms with van der Waals surface area (Å²) in [6.07, 6.45) is 0.247. The summed E-state index contributed by atoms with van der Waals surface area (Å²) < 4.78 is 10.6. The fourth-order valence-corrected chi connectivity index (χ4v) is 3.14. The lowest BCUT2D eigenvalue weighted by molar-refractivity contribution is -0.157. The summed E-state index contributed by atoms with van der Waals surface area (Å²) in [5.41, 5.74) is 5.24. The van der Waals surface area contributed by atoms with E-state index in [1.165, 1.54) is 19.1 Å². The van der Waals surface area contributed by atoms with Crippen LogP contribution in [-0.4, -0.2) is 24.0 Å². The second-order valence-electron chi connectivity index (χ2n) is 7.30. The maximum Gasteiger partial charge on any atom is 0.308 e. The van der Waals surface area contributed by atoms with Crippen LogP contribution in [-0.2, 0) is 24.7 Å². The summed E-state index contributed by atoms with van der Waals surface area (Å²) in [5.74, 6) is -2.23. The topological polar surface area (TPSA) is 113 Å². The van der Waals surface area contributed by atoms with E-state index in [2.05, 4.69) is 0 Å². The number of carbonyl (C=O) groups is 4. The van der Waals surface area contributed by atoms with E-state index in [0.29, 0.717) is 11.3 Å². The van der Waals surface area contributed by atoms with Crippen LogP contribution < -0.4 is 10.5 Å². The first-order chi connectivity index (χ1) is 14.0. The molecule has 0 aromatic heterocycles. The molecule has 0 amide bonds. The van der Waals surface area contributed by atoms with Crippen LogP contribution in [0.1, 0.15) is 60.7 Å². The number of nitrogens with two attached hydrogens (primary N) is 1. The number of Topliss-reactive ketones (excluding diaryl/α,β-unsaturated/α-hetero) is 1. The molecule has 0 aliphatic heterocycles. The van der Waals surface area contributed by atoms with Gasteiger partial charge in [0.2, 0.25) is 5.78 Å². The van der Waals surface area contributed by atoms with Crippen molar-refractivity contribution in [1.82, 2.24) is 0 Å². The first-order valence-electron chi connectivity index (χ1n) is 9.42. The number of anilines is 1. The fourth-order valence-electron chi connectivity index (χ4n) is 3.14. The van der Waals surface area contributed by atoms with Crippen molar-refractivity contribution in [2.24, 2.45) is 0 Å². The van der Waals surface area contributed by atoms with Crippen molar-refractivity contribution in [1.29, 1.82) is 0 Å². The van der Waals surface area contributed by atoms with Gasteiger partial charge in [-0.1, -0.05) is 38.1 Å². The van der Waals surface area contributed by atoms with Gasteiger partial charge in [0.05, 0.1) is 5.56 Å². The zero-order valence-electron chi connectivity index (χ0n) is 17.6. The number of benzene rings is 2. The van der Waals surface area contributed by atoms with Gasteiger partial charge in [-0.05, 0) is 36.1 Å². The van der Waals surface area contributed by atoms with Crippen LogP contribution in [0.15, 0.2) is 36.4 Å². The van der Waals surface area contributed by atoms with Crippen LogP contribution >= 0.6 is 0 Å². The number of hydrogen-bond acceptors (Lipinski definition) is 7. The van der Waals surface area contributed by atoms with Crippen molar-refractivity contribution in [3.8, 4) is 5.75 Å². The van der Waals surface area contributed by atoms with Gasteiger partial charge in [-0.2, -0.15) is 0 Å². The summed E-state index contributed by atoms with van der Waals surface area (Å²) in [7, 11) is 0. The molecular weight excluding hydrogens is 386 g/mol. The maximum absolute atomic E-state index is 13.6. The average Bonchev–Trinajstić information content (AvgIpc) is 2.67. The number of carbonyl (C=O) groups excluding carboxylic acids is 4. The Morgan fingerprint density at radius 1 is 1.07 bits per heavy atom. The molecule has 7 heteroatoms. The molecular formula is C23H25NO6. The molecule has 0 saturated carbocycles. The molecule has 7 nitrogen and oxygen atoms in total. The summed E-state index contributed by atoms with van der Waals surface area (Å²) >= 11 is 0. The Bertz CT molecular complexity index is 1010. The molecule has 0 aliphatic rings. The highest BCUT2D eigenvalue weighted by atomic mass is 16.6. The van der Waals surface area contributed by atoms with Crippen molar-refractivity contribution in [3.63, 3.8) is 0 Å². The zero-order valence-corrected chi connectivity index (χ0v) is 17.6. The van der Waals surface area contributed by atoms with E-state index < -0.39 is 23.3 Å². The fraction of sp³-hybridized carbons (Fsp3) is 0.304. The molecule has 0 spiro atoms. The van der Waals surface area contributed by atoms with E-state index in [9.17, 15) is 19.2 Å². The van der Waals surface area contributed by atoms with E-state index in [-0.39, 0.29) is 29.1 Å². The number of ether oxygens (including phenoxy) is 2. The lowest BCUT2D eigenvalue weighted by atomic mass is 9.83. The second kappa shape index (κ2) is 8.90. The standard InChI is InChI=1S/C23H25NO6/c1-13(2)17-9-10-19(21(11-17)29-15(4)26)23(12-25,30-16(5)27)22(28)18-7-6-8-20(24)14(18)3/h6-13H,24H2,1-5H3. The largest absolute Gasteiger partial charge is 0.438 e. The SMILES string of the molecule is CC(=O)Oc1cc(C(C)C)ccc1C(C=O)(OC(C)=O)C(=O)c1cccc(N)c1C. The van der Waals surface area contributed by atoms with Gasteiger partial charge in [0, 0.05) is 25.1 Å². The Labute approximate surface area is 175 Å². The molecule has 2 aromatic carbocycles. The number of hydrogen-bond donors (Lipinski definition) is 1. The second-order valence-corrected chi connectivity index (χ2v) is 7.30. The van der Waals surface area contributed by atoms with Gasteiger partial charge in [0.25, 0.3) is 5.60 Å². The van der Waals surface area contributed by atoms with Crippen LogP contribution in [0.25, 0.3) is 0 Å².